The largest absolute Gasteiger partial charge is 0.168 e. The number of allylic oxidation sites excluding steroid dienone is 6. The fourth-order valence-electron chi connectivity index (χ4n) is 3.17. The van der Waals surface area contributed by atoms with Crippen LogP contribution in [0.25, 0.3) is 0 Å². The first-order valence-electron chi connectivity index (χ1n) is 8.30. The highest BCUT2D eigenvalue weighted by Gasteiger charge is 2.33. The Balaban J connectivity index is 5.02. The van der Waals surface area contributed by atoms with Crippen molar-refractivity contribution in [2.24, 2.45) is 0 Å². The molecular formula is C20H34SSi2. The molecule has 0 amide bonds. The number of rotatable bonds is 16. The summed E-state index contributed by atoms with van der Waals surface area (Å²) in [6.07, 6.45) is 12.6. The average molecular weight is 363 g/mol. The van der Waals surface area contributed by atoms with E-state index in [0.29, 0.717) is 0 Å². The van der Waals surface area contributed by atoms with Crippen molar-refractivity contribution >= 4 is 27.9 Å². The van der Waals surface area contributed by atoms with Gasteiger partial charge in [-0.1, -0.05) is 36.5 Å². The van der Waals surface area contributed by atoms with Crippen LogP contribution in [0.1, 0.15) is 0 Å². The predicted molar refractivity (Wildman–Crippen MR) is 119 cm³/mol. The minimum atomic E-state index is -1.41. The lowest BCUT2D eigenvalue weighted by atomic mass is 10.7. The Hall–Kier alpha value is -0.776. The summed E-state index contributed by atoms with van der Waals surface area (Å²) in [5.74, 6) is 0. The Bertz CT molecular complexity index is 321. The molecular weight excluding hydrogens is 328 g/mol. The molecule has 0 unspecified atom stereocenters. The Kier molecular flexibility index (Phi) is 12.2. The first-order chi connectivity index (χ1) is 11.1. The van der Waals surface area contributed by atoms with E-state index in [1.165, 1.54) is 10.8 Å². The number of hydrogen-bond acceptors (Lipinski definition) is 1. The minimum Gasteiger partial charge on any atom is -0.168 e. The third-order valence-corrected chi connectivity index (χ3v) is 17.7. The maximum Gasteiger partial charge on any atom is 0.0749 e. The van der Waals surface area contributed by atoms with Crippen LogP contribution >= 0.6 is 11.8 Å². The van der Waals surface area contributed by atoms with Crippen LogP contribution in [0.4, 0.5) is 0 Å². The molecule has 0 aliphatic heterocycles. The molecule has 0 aromatic heterocycles. The quantitative estimate of drug-likeness (QED) is 0.214. The summed E-state index contributed by atoms with van der Waals surface area (Å²) < 4.78 is 0. The zero-order chi connectivity index (χ0) is 17.6. The fraction of sp³-hybridized carbons (Fsp3) is 0.400. The van der Waals surface area contributed by atoms with Gasteiger partial charge in [-0.3, -0.25) is 0 Å². The second-order valence-corrected chi connectivity index (χ2v) is 17.6. The van der Waals surface area contributed by atoms with Crippen LogP contribution in [-0.4, -0.2) is 26.9 Å². The molecule has 0 bridgehead atoms. The summed E-state index contributed by atoms with van der Waals surface area (Å²) in [6.45, 7) is 23.9. The van der Waals surface area contributed by atoms with Crippen molar-refractivity contribution in [3.8, 4) is 0 Å². The van der Waals surface area contributed by atoms with E-state index >= 15 is 0 Å². The first-order valence-corrected chi connectivity index (χ1v) is 15.1. The van der Waals surface area contributed by atoms with Gasteiger partial charge in [0.1, 0.15) is 0 Å². The normalized spacial score (nSPS) is 11.5. The molecule has 0 spiro atoms. The maximum atomic E-state index is 3.98. The van der Waals surface area contributed by atoms with Gasteiger partial charge >= 0.3 is 0 Å². The molecule has 0 rings (SSSR count). The van der Waals surface area contributed by atoms with Gasteiger partial charge in [0.2, 0.25) is 0 Å². The second-order valence-electron chi connectivity index (χ2n) is 6.45. The second kappa shape index (κ2) is 12.6. The van der Waals surface area contributed by atoms with Crippen molar-refractivity contribution < 1.29 is 0 Å². The van der Waals surface area contributed by atoms with Gasteiger partial charge in [0.25, 0.3) is 0 Å². The molecule has 0 aromatic carbocycles. The maximum absolute atomic E-state index is 3.98. The summed E-state index contributed by atoms with van der Waals surface area (Å²) in [5.41, 5.74) is 0. The minimum absolute atomic E-state index is 1.15. The van der Waals surface area contributed by atoms with Crippen molar-refractivity contribution in [2.45, 2.75) is 36.3 Å². The summed E-state index contributed by atoms with van der Waals surface area (Å²) in [4.78, 5) is 0. The summed E-state index contributed by atoms with van der Waals surface area (Å²) in [6, 6.07) is 6.90. The van der Waals surface area contributed by atoms with E-state index in [2.05, 4.69) is 87.7 Å². The van der Waals surface area contributed by atoms with E-state index in [1.54, 1.807) is 0 Å². The van der Waals surface area contributed by atoms with Crippen LogP contribution in [0.15, 0.2) is 75.9 Å². The highest BCUT2D eigenvalue weighted by atomic mass is 32.2. The summed E-state index contributed by atoms with van der Waals surface area (Å²) in [7, 11) is -2.82. The van der Waals surface area contributed by atoms with Crippen LogP contribution < -0.4 is 0 Å². The van der Waals surface area contributed by atoms with Gasteiger partial charge in [0, 0.05) is 0 Å². The van der Waals surface area contributed by atoms with Crippen LogP contribution in [0, 0.1) is 0 Å². The standard InChI is InChI=1S/C20H34SSi2/c1-7-13-22(14-8-2,15-9-3)19-21-20-23(16-10-4,17-11-5)18-12-6/h7-12H,1-6,13-20H2. The smallest absolute Gasteiger partial charge is 0.0749 e. The third kappa shape index (κ3) is 8.05. The monoisotopic (exact) mass is 362 g/mol. The van der Waals surface area contributed by atoms with Crippen LogP contribution in [-0.2, 0) is 0 Å². The molecule has 0 aromatic rings. The third-order valence-electron chi connectivity index (χ3n) is 4.28. The summed E-state index contributed by atoms with van der Waals surface area (Å²) in [5, 5.41) is 2.52. The number of hydrogen-bond donors (Lipinski definition) is 0. The molecule has 128 valence electrons. The molecule has 0 saturated carbocycles. The van der Waals surface area contributed by atoms with E-state index in [1.807, 2.05) is 0 Å². The molecule has 0 fully saturated rings. The van der Waals surface area contributed by atoms with Gasteiger partial charge in [-0.2, -0.15) is 11.8 Å². The van der Waals surface area contributed by atoms with Gasteiger partial charge in [0.15, 0.2) is 0 Å². The first kappa shape index (κ1) is 22.2. The van der Waals surface area contributed by atoms with Gasteiger partial charge in [-0.15, -0.1) is 39.5 Å². The topological polar surface area (TPSA) is 0 Å². The Labute approximate surface area is 150 Å². The molecule has 3 heteroatoms. The molecule has 0 atom stereocenters. The van der Waals surface area contributed by atoms with Crippen LogP contribution in [0.5, 0.6) is 0 Å². The molecule has 23 heavy (non-hydrogen) atoms. The van der Waals surface area contributed by atoms with E-state index in [9.17, 15) is 0 Å². The van der Waals surface area contributed by atoms with Gasteiger partial charge < -0.3 is 0 Å². The predicted octanol–water partition coefficient (Wildman–Crippen LogP) is 6.81. The zero-order valence-electron chi connectivity index (χ0n) is 14.8. The highest BCUT2D eigenvalue weighted by molar-refractivity contribution is 8.02. The SMILES string of the molecule is C=CC[Si](CC=C)(CC=C)CSC[Si](CC=C)(CC=C)CC=C. The van der Waals surface area contributed by atoms with Crippen LogP contribution in [0.2, 0.25) is 36.3 Å². The Morgan fingerprint density at radius 3 is 0.870 bits per heavy atom. The molecule has 0 heterocycles. The van der Waals surface area contributed by atoms with Gasteiger partial charge in [-0.25, -0.2) is 0 Å². The lowest BCUT2D eigenvalue weighted by molar-refractivity contribution is 1.33. The van der Waals surface area contributed by atoms with Crippen molar-refractivity contribution in [1.82, 2.24) is 0 Å². The molecule has 0 saturated heterocycles. The molecule has 0 aliphatic carbocycles. The number of thioether (sulfide) groups is 1. The zero-order valence-corrected chi connectivity index (χ0v) is 17.6. The van der Waals surface area contributed by atoms with Crippen LogP contribution in [0.3, 0.4) is 0 Å². The lowest BCUT2D eigenvalue weighted by Gasteiger charge is -2.32. The Morgan fingerprint density at radius 2 is 0.696 bits per heavy atom. The molecule has 0 aliphatic rings. The average Bonchev–Trinajstić information content (AvgIpc) is 2.49. The van der Waals surface area contributed by atoms with Crippen molar-refractivity contribution in [3.05, 3.63) is 75.9 Å². The van der Waals surface area contributed by atoms with Crippen molar-refractivity contribution in [3.63, 3.8) is 0 Å². The Morgan fingerprint density at radius 1 is 0.478 bits per heavy atom. The summed E-state index contributed by atoms with van der Waals surface area (Å²) >= 11 is 2.14. The van der Waals surface area contributed by atoms with Gasteiger partial charge in [-0.05, 0) is 47.0 Å². The van der Waals surface area contributed by atoms with E-state index in [-0.39, 0.29) is 0 Å². The van der Waals surface area contributed by atoms with E-state index < -0.39 is 16.1 Å². The van der Waals surface area contributed by atoms with E-state index in [0.717, 1.165) is 36.3 Å². The van der Waals surface area contributed by atoms with Gasteiger partial charge in [0.05, 0.1) is 16.1 Å². The molecule has 0 N–H and O–H groups in total. The fourth-order valence-corrected chi connectivity index (χ4v) is 15.5. The lowest BCUT2D eigenvalue weighted by Crippen LogP contribution is -2.40. The van der Waals surface area contributed by atoms with Crippen molar-refractivity contribution in [1.29, 1.82) is 0 Å². The van der Waals surface area contributed by atoms with Crippen molar-refractivity contribution in [2.75, 3.05) is 10.8 Å². The van der Waals surface area contributed by atoms with E-state index in [4.69, 9.17) is 0 Å². The molecule has 0 radical (unpaired) electrons. The highest BCUT2D eigenvalue weighted by Crippen LogP contribution is 2.32. The molecule has 0 nitrogen and oxygen atoms in total.